The molecule has 1 aromatic heterocycles. The molecule has 0 fully saturated rings. The molecule has 0 unspecified atom stereocenters. The third-order valence-electron chi connectivity index (χ3n) is 8.63. The van der Waals surface area contributed by atoms with Gasteiger partial charge in [-0.05, 0) is 80.3 Å². The third-order valence-corrected chi connectivity index (χ3v) is 8.63. The molecule has 0 radical (unpaired) electrons. The van der Waals surface area contributed by atoms with E-state index in [1.54, 1.807) is 0 Å². The number of aromatic amines is 1. The maximum absolute atomic E-state index is 6.42. The number of benzene rings is 6. The predicted molar refractivity (Wildman–Crippen MR) is 229 cm³/mol. The second kappa shape index (κ2) is 20.5. The number of rotatable bonds is 5. The monoisotopic (exact) mass is 684 g/mol. The maximum Gasteiger partial charge on any atom is 0.0719 e. The van der Waals surface area contributed by atoms with Crippen LogP contribution >= 0.6 is 0 Å². The Bertz CT molecular complexity index is 2140. The number of H-pyrrole nitrogens is 1. The van der Waals surface area contributed by atoms with Crippen molar-refractivity contribution in [1.82, 2.24) is 4.98 Å². The van der Waals surface area contributed by atoms with Crippen LogP contribution in [0.25, 0.3) is 32.8 Å². The molecule has 4 nitrogen and oxygen atoms in total. The van der Waals surface area contributed by atoms with Crippen LogP contribution in [0, 0.1) is 12.3 Å². The lowest BCUT2D eigenvalue weighted by Gasteiger charge is -2.14. The van der Waals surface area contributed by atoms with Gasteiger partial charge in [0, 0.05) is 28.0 Å². The van der Waals surface area contributed by atoms with E-state index < -0.39 is 0 Å². The molecule has 0 bridgehead atoms. The molecule has 5 N–H and O–H groups in total. The van der Waals surface area contributed by atoms with E-state index in [1.807, 2.05) is 62.5 Å². The molecular formula is C48H52N4. The van der Waals surface area contributed by atoms with Crippen LogP contribution in [0.15, 0.2) is 170 Å². The Hall–Kier alpha value is -6.13. The van der Waals surface area contributed by atoms with Crippen LogP contribution in [0.5, 0.6) is 0 Å². The highest BCUT2D eigenvalue weighted by molar-refractivity contribution is 6.18. The van der Waals surface area contributed by atoms with Crippen molar-refractivity contribution in [3.8, 4) is 11.1 Å². The summed E-state index contributed by atoms with van der Waals surface area (Å²) in [4.78, 5) is 3.32. The van der Waals surface area contributed by atoms with E-state index in [9.17, 15) is 0 Å². The average molecular weight is 685 g/mol. The largest absolute Gasteiger partial charge is 0.397 e. The molecule has 1 aliphatic carbocycles. The van der Waals surface area contributed by atoms with Crippen molar-refractivity contribution in [2.24, 2.45) is 0 Å². The Morgan fingerprint density at radius 3 is 1.79 bits per heavy atom. The number of hydrogen-bond donors (Lipinski definition) is 4. The molecule has 0 atom stereocenters. The summed E-state index contributed by atoms with van der Waals surface area (Å²) in [5, 5.41) is 12.3. The summed E-state index contributed by atoms with van der Waals surface area (Å²) >= 11 is 0. The predicted octanol–water partition coefficient (Wildman–Crippen LogP) is 13.5. The minimum absolute atomic E-state index is 0.779. The van der Waals surface area contributed by atoms with E-state index in [-0.39, 0.29) is 0 Å². The zero-order chi connectivity index (χ0) is 37.1. The van der Waals surface area contributed by atoms with Crippen LogP contribution in [0.2, 0.25) is 0 Å². The number of allylic oxidation sites excluding steroid dienone is 4. The smallest absolute Gasteiger partial charge is 0.0719 e. The molecule has 8 rings (SSSR count). The Morgan fingerprint density at radius 2 is 1.21 bits per heavy atom. The van der Waals surface area contributed by atoms with E-state index in [0.29, 0.717) is 0 Å². The molecule has 52 heavy (non-hydrogen) atoms. The summed E-state index contributed by atoms with van der Waals surface area (Å²) in [5.41, 5.74) is 18.4. The first-order valence-electron chi connectivity index (χ1n) is 18.0. The molecule has 0 aliphatic heterocycles. The van der Waals surface area contributed by atoms with Gasteiger partial charge in [-0.25, -0.2) is 0 Å². The fourth-order valence-electron chi connectivity index (χ4n) is 5.93. The van der Waals surface area contributed by atoms with Crippen molar-refractivity contribution in [2.75, 3.05) is 11.1 Å². The highest BCUT2D eigenvalue weighted by Crippen LogP contribution is 2.39. The Labute approximate surface area is 310 Å². The van der Waals surface area contributed by atoms with E-state index >= 15 is 0 Å². The van der Waals surface area contributed by atoms with Gasteiger partial charge in [-0.3, -0.25) is 0 Å². The topological polar surface area (TPSA) is 77.7 Å². The molecule has 1 aliphatic rings. The number of aryl methyl sites for hydroxylation is 1. The second-order valence-corrected chi connectivity index (χ2v) is 12.3. The Kier molecular flexibility index (Phi) is 15.3. The average Bonchev–Trinajstić information content (AvgIpc) is 3.71. The van der Waals surface area contributed by atoms with Crippen molar-refractivity contribution in [3.05, 3.63) is 186 Å². The van der Waals surface area contributed by atoms with Crippen molar-refractivity contribution in [3.63, 3.8) is 0 Å². The van der Waals surface area contributed by atoms with Crippen LogP contribution < -0.4 is 11.1 Å². The SMILES string of the molecule is C=N.CC.CC1=CC=CCC1.Cc1ccc(-c2ccc(Cc3ccccc3)cc2)cc1.Nc1c(Nc2ccccc2)c2cc[nH]c2c2ccccc12. The van der Waals surface area contributed by atoms with Crippen LogP contribution in [0.3, 0.4) is 0 Å². The van der Waals surface area contributed by atoms with Gasteiger partial charge < -0.3 is 21.4 Å². The summed E-state index contributed by atoms with van der Waals surface area (Å²) < 4.78 is 0. The van der Waals surface area contributed by atoms with Gasteiger partial charge in [0.2, 0.25) is 0 Å². The van der Waals surface area contributed by atoms with Crippen LogP contribution in [0.4, 0.5) is 17.1 Å². The van der Waals surface area contributed by atoms with Crippen LogP contribution in [0.1, 0.15) is 50.3 Å². The van der Waals surface area contributed by atoms with Gasteiger partial charge in [-0.1, -0.05) is 165 Å². The number of anilines is 3. The highest BCUT2D eigenvalue weighted by Gasteiger charge is 2.13. The van der Waals surface area contributed by atoms with E-state index in [1.165, 1.54) is 46.2 Å². The van der Waals surface area contributed by atoms with E-state index in [0.717, 1.165) is 45.2 Å². The lowest BCUT2D eigenvalue weighted by Crippen LogP contribution is -1.98. The van der Waals surface area contributed by atoms with Gasteiger partial charge in [0.05, 0.1) is 16.9 Å². The Morgan fingerprint density at radius 1 is 0.654 bits per heavy atom. The fourth-order valence-corrected chi connectivity index (χ4v) is 5.93. The number of nitrogen functional groups attached to an aromatic ring is 1. The zero-order valence-electron chi connectivity index (χ0n) is 31.0. The molecule has 0 saturated carbocycles. The molecule has 0 amide bonds. The Balaban J connectivity index is 0.000000182. The van der Waals surface area contributed by atoms with Gasteiger partial charge in [0.15, 0.2) is 0 Å². The van der Waals surface area contributed by atoms with Crippen LogP contribution in [-0.2, 0) is 6.42 Å². The van der Waals surface area contributed by atoms with Gasteiger partial charge in [-0.15, -0.1) is 0 Å². The maximum atomic E-state index is 6.42. The summed E-state index contributed by atoms with van der Waals surface area (Å²) in [6.07, 6.45) is 11.9. The lowest BCUT2D eigenvalue weighted by molar-refractivity contribution is 0.962. The van der Waals surface area contributed by atoms with E-state index in [4.69, 9.17) is 11.1 Å². The number of nitrogens with two attached hydrogens (primary N) is 1. The first-order chi connectivity index (χ1) is 25.5. The first-order valence-corrected chi connectivity index (χ1v) is 18.0. The summed E-state index contributed by atoms with van der Waals surface area (Å²) in [5.74, 6) is 0. The summed E-state index contributed by atoms with van der Waals surface area (Å²) in [6.45, 7) is 10.8. The fraction of sp³-hybridized carbons (Fsp3) is 0.146. The minimum Gasteiger partial charge on any atom is -0.397 e. The van der Waals surface area contributed by atoms with Gasteiger partial charge in [0.25, 0.3) is 0 Å². The highest BCUT2D eigenvalue weighted by atomic mass is 14.9. The van der Waals surface area contributed by atoms with Crippen molar-refractivity contribution in [2.45, 2.75) is 47.0 Å². The molecule has 0 saturated heterocycles. The van der Waals surface area contributed by atoms with Gasteiger partial charge >= 0.3 is 0 Å². The van der Waals surface area contributed by atoms with Crippen molar-refractivity contribution in [1.29, 1.82) is 5.41 Å². The first kappa shape index (κ1) is 38.7. The van der Waals surface area contributed by atoms with Gasteiger partial charge in [-0.2, -0.15) is 0 Å². The van der Waals surface area contributed by atoms with Crippen LogP contribution in [-0.4, -0.2) is 11.7 Å². The standard InChI is InChI=1S/C20H18.C18H15N3.C7H10.C2H6.CH3N/c1-16-7-11-19(12-8-16)20-13-9-18(10-14-20)15-17-5-3-2-4-6-17;19-16-13-8-4-5-9-14(13)17-15(10-11-20-17)18(16)21-12-6-2-1-3-7-12;1-7-5-3-2-4-6-7;2*1-2/h2-14H,15H2,1H3;1-11,20-21H,19H2;2-3,5H,4,6H2,1H3;1-2H3;2H,1H2. The normalized spacial score (nSPS) is 11.3. The molecule has 0 spiro atoms. The number of aromatic nitrogens is 1. The molecule has 4 heteroatoms. The number of hydrogen-bond acceptors (Lipinski definition) is 3. The number of nitrogens with one attached hydrogen (secondary N) is 3. The third kappa shape index (κ3) is 10.7. The lowest BCUT2D eigenvalue weighted by atomic mass is 10.00. The second-order valence-electron chi connectivity index (χ2n) is 12.3. The van der Waals surface area contributed by atoms with E-state index in [2.05, 4.69) is 146 Å². The minimum atomic E-state index is 0.779. The number of fused-ring (bicyclic) bond motifs is 3. The van der Waals surface area contributed by atoms with Gasteiger partial charge in [0.1, 0.15) is 0 Å². The zero-order valence-corrected chi connectivity index (χ0v) is 31.0. The molecule has 6 aromatic carbocycles. The quantitative estimate of drug-likeness (QED) is 0.0827. The molecule has 264 valence electrons. The summed E-state index contributed by atoms with van der Waals surface area (Å²) in [6, 6.07) is 48.5. The van der Waals surface area contributed by atoms with Crippen molar-refractivity contribution < 1.29 is 0 Å². The molecular weight excluding hydrogens is 633 g/mol. The molecule has 1 heterocycles. The number of para-hydroxylation sites is 1. The summed E-state index contributed by atoms with van der Waals surface area (Å²) in [7, 11) is 0. The molecule has 7 aromatic rings. The van der Waals surface area contributed by atoms with Crippen molar-refractivity contribution >= 4 is 45.5 Å².